The van der Waals surface area contributed by atoms with E-state index in [1.807, 2.05) is 24.3 Å². The van der Waals surface area contributed by atoms with Gasteiger partial charge in [0.1, 0.15) is 5.75 Å². The van der Waals surface area contributed by atoms with Gasteiger partial charge in [-0.25, -0.2) is 4.99 Å². The quantitative estimate of drug-likeness (QED) is 0.374. The fourth-order valence-corrected chi connectivity index (χ4v) is 2.46. The summed E-state index contributed by atoms with van der Waals surface area (Å²) in [6, 6.07) is 11.9. The normalized spacial score (nSPS) is 10.9. The molecule has 0 saturated heterocycles. The molecule has 0 saturated carbocycles. The Labute approximate surface area is 162 Å². The Morgan fingerprint density at radius 1 is 1.17 bits per heavy atom. The molecule has 2 rings (SSSR count). The number of nitrogens with two attached hydrogens (primary N) is 1. The molecule has 0 unspecified atom stereocenters. The Bertz CT molecular complexity index is 704. The molecule has 0 spiro atoms. The van der Waals surface area contributed by atoms with Crippen molar-refractivity contribution in [3.05, 3.63) is 57.6 Å². The Kier molecular flexibility index (Phi) is 7.84. The van der Waals surface area contributed by atoms with Gasteiger partial charge in [-0.15, -0.1) is 24.0 Å². The number of halogens is 2. The van der Waals surface area contributed by atoms with Crippen LogP contribution in [-0.4, -0.2) is 13.1 Å². The second-order valence-corrected chi connectivity index (χ2v) is 6.00. The molecule has 0 amide bonds. The molecule has 6 heteroatoms. The molecule has 0 aliphatic carbocycles. The van der Waals surface area contributed by atoms with E-state index in [1.54, 1.807) is 7.11 Å². The van der Waals surface area contributed by atoms with E-state index in [-0.39, 0.29) is 24.0 Å². The predicted molar refractivity (Wildman–Crippen MR) is 111 cm³/mol. The number of hydrogen-bond acceptors (Lipinski definition) is 2. The minimum Gasteiger partial charge on any atom is -0.496 e. The maximum Gasteiger partial charge on any atom is 0.193 e. The Hall–Kier alpha value is -1.28. The third-order valence-electron chi connectivity index (χ3n) is 3.44. The monoisotopic (exact) mass is 489 g/mol. The van der Waals surface area contributed by atoms with Crippen molar-refractivity contribution in [2.45, 2.75) is 20.4 Å². The Morgan fingerprint density at radius 2 is 1.91 bits per heavy atom. The standard InChI is InChI=1S/C17H20BrN3O.HI/c1-11-4-6-15(8-12(11)2)21-17(19)20-10-13-9-14(18)5-7-16(13)22-3;/h4-9H,10H2,1-3H3,(H3,19,20,21);1H. The van der Waals surface area contributed by atoms with E-state index >= 15 is 0 Å². The van der Waals surface area contributed by atoms with Gasteiger partial charge >= 0.3 is 0 Å². The van der Waals surface area contributed by atoms with E-state index in [4.69, 9.17) is 10.5 Å². The first-order valence-corrected chi connectivity index (χ1v) is 7.75. The molecule has 0 aliphatic heterocycles. The van der Waals surface area contributed by atoms with Crippen molar-refractivity contribution in [3.63, 3.8) is 0 Å². The van der Waals surface area contributed by atoms with Gasteiger partial charge in [0, 0.05) is 15.7 Å². The van der Waals surface area contributed by atoms with Gasteiger partial charge in [-0.1, -0.05) is 22.0 Å². The molecule has 0 bridgehead atoms. The average Bonchev–Trinajstić information content (AvgIpc) is 2.49. The molecule has 23 heavy (non-hydrogen) atoms. The van der Waals surface area contributed by atoms with E-state index in [1.165, 1.54) is 11.1 Å². The number of methoxy groups -OCH3 is 1. The van der Waals surface area contributed by atoms with Crippen LogP contribution in [0.25, 0.3) is 0 Å². The van der Waals surface area contributed by atoms with Crippen LogP contribution in [0.5, 0.6) is 5.75 Å². The van der Waals surface area contributed by atoms with E-state index in [9.17, 15) is 0 Å². The summed E-state index contributed by atoms with van der Waals surface area (Å²) in [6.45, 7) is 4.60. The lowest BCUT2D eigenvalue weighted by molar-refractivity contribution is 0.410. The van der Waals surface area contributed by atoms with Crippen LogP contribution in [0.2, 0.25) is 0 Å². The fourth-order valence-electron chi connectivity index (χ4n) is 2.05. The lowest BCUT2D eigenvalue weighted by Gasteiger charge is -2.09. The highest BCUT2D eigenvalue weighted by atomic mass is 127. The largest absolute Gasteiger partial charge is 0.496 e. The molecule has 0 aromatic heterocycles. The van der Waals surface area contributed by atoms with Gasteiger partial charge < -0.3 is 15.8 Å². The summed E-state index contributed by atoms with van der Waals surface area (Å²) in [5.41, 5.74) is 10.3. The second kappa shape index (κ2) is 9.12. The molecule has 2 aromatic rings. The number of benzene rings is 2. The first-order valence-electron chi connectivity index (χ1n) is 6.96. The third kappa shape index (κ3) is 5.69. The summed E-state index contributed by atoms with van der Waals surface area (Å²) in [6.07, 6.45) is 0. The molecule has 0 radical (unpaired) electrons. The van der Waals surface area contributed by atoms with Crippen molar-refractivity contribution in [1.82, 2.24) is 0 Å². The number of hydrogen-bond donors (Lipinski definition) is 2. The van der Waals surface area contributed by atoms with Crippen LogP contribution in [0.4, 0.5) is 5.69 Å². The number of anilines is 1. The third-order valence-corrected chi connectivity index (χ3v) is 3.93. The van der Waals surface area contributed by atoms with Crippen molar-refractivity contribution in [2.75, 3.05) is 12.4 Å². The molecule has 0 fully saturated rings. The zero-order chi connectivity index (χ0) is 16.1. The number of nitrogens with one attached hydrogen (secondary N) is 1. The smallest absolute Gasteiger partial charge is 0.193 e. The first-order chi connectivity index (χ1) is 10.5. The zero-order valence-electron chi connectivity index (χ0n) is 13.4. The molecule has 3 N–H and O–H groups in total. The van der Waals surface area contributed by atoms with Crippen molar-refractivity contribution in [2.24, 2.45) is 10.7 Å². The molecule has 4 nitrogen and oxygen atoms in total. The lowest BCUT2D eigenvalue weighted by atomic mass is 10.1. The topological polar surface area (TPSA) is 59.6 Å². The second-order valence-electron chi connectivity index (χ2n) is 5.08. The van der Waals surface area contributed by atoms with Crippen LogP contribution in [0, 0.1) is 13.8 Å². The van der Waals surface area contributed by atoms with Gasteiger partial charge in [-0.05, 0) is 55.3 Å². The summed E-state index contributed by atoms with van der Waals surface area (Å²) < 4.78 is 6.31. The van der Waals surface area contributed by atoms with Gasteiger partial charge in [0.2, 0.25) is 0 Å². The summed E-state index contributed by atoms with van der Waals surface area (Å²) in [5, 5.41) is 3.11. The first kappa shape index (κ1) is 19.8. The van der Waals surface area contributed by atoms with E-state index < -0.39 is 0 Å². The van der Waals surface area contributed by atoms with Crippen molar-refractivity contribution in [1.29, 1.82) is 0 Å². The highest BCUT2D eigenvalue weighted by Crippen LogP contribution is 2.23. The summed E-state index contributed by atoms with van der Waals surface area (Å²) in [7, 11) is 1.65. The molecule has 0 atom stereocenters. The van der Waals surface area contributed by atoms with Crippen LogP contribution in [-0.2, 0) is 6.54 Å². The number of aryl methyl sites for hydroxylation is 2. The SMILES string of the molecule is COc1ccc(Br)cc1CN=C(N)Nc1ccc(C)c(C)c1.I. The number of ether oxygens (including phenoxy) is 1. The lowest BCUT2D eigenvalue weighted by Crippen LogP contribution is -2.22. The minimum atomic E-state index is 0. The van der Waals surface area contributed by atoms with Crippen LogP contribution < -0.4 is 15.8 Å². The highest BCUT2D eigenvalue weighted by Gasteiger charge is 2.04. The molecular formula is C17H21BrIN3O. The summed E-state index contributed by atoms with van der Waals surface area (Å²) in [5.74, 6) is 1.18. The number of guanidine groups is 1. The fraction of sp³-hybridized carbons (Fsp3) is 0.235. The van der Waals surface area contributed by atoms with Crippen molar-refractivity contribution < 1.29 is 4.74 Å². The predicted octanol–water partition coefficient (Wildman–Crippen LogP) is 4.62. The van der Waals surface area contributed by atoms with Gasteiger partial charge in [0.15, 0.2) is 5.96 Å². The number of aliphatic imine (C=N–C) groups is 1. The van der Waals surface area contributed by atoms with E-state index in [0.717, 1.165) is 21.5 Å². The average molecular weight is 490 g/mol. The van der Waals surface area contributed by atoms with Crippen LogP contribution in [0.1, 0.15) is 16.7 Å². The Balaban J connectivity index is 0.00000264. The summed E-state index contributed by atoms with van der Waals surface area (Å²) in [4.78, 5) is 4.37. The van der Waals surface area contributed by atoms with Gasteiger partial charge in [0.05, 0.1) is 13.7 Å². The minimum absolute atomic E-state index is 0. The molecule has 0 heterocycles. The van der Waals surface area contributed by atoms with E-state index in [0.29, 0.717) is 12.5 Å². The van der Waals surface area contributed by atoms with Gasteiger partial charge in [-0.3, -0.25) is 0 Å². The Morgan fingerprint density at radius 3 is 2.57 bits per heavy atom. The maximum absolute atomic E-state index is 5.96. The van der Waals surface area contributed by atoms with Gasteiger partial charge in [-0.2, -0.15) is 0 Å². The van der Waals surface area contributed by atoms with Crippen LogP contribution >= 0.6 is 39.9 Å². The molecule has 124 valence electrons. The zero-order valence-corrected chi connectivity index (χ0v) is 17.3. The number of rotatable bonds is 4. The maximum atomic E-state index is 5.96. The van der Waals surface area contributed by atoms with Crippen LogP contribution in [0.3, 0.4) is 0 Å². The van der Waals surface area contributed by atoms with Crippen LogP contribution in [0.15, 0.2) is 45.9 Å². The molecule has 2 aromatic carbocycles. The highest BCUT2D eigenvalue weighted by molar-refractivity contribution is 14.0. The molecular weight excluding hydrogens is 469 g/mol. The van der Waals surface area contributed by atoms with Crippen molar-refractivity contribution in [3.8, 4) is 5.75 Å². The van der Waals surface area contributed by atoms with E-state index in [2.05, 4.69) is 52.2 Å². The number of nitrogens with zero attached hydrogens (tertiary/aromatic N) is 1. The summed E-state index contributed by atoms with van der Waals surface area (Å²) >= 11 is 3.45. The molecule has 0 aliphatic rings. The van der Waals surface area contributed by atoms with Gasteiger partial charge in [0.25, 0.3) is 0 Å². The van der Waals surface area contributed by atoms with Crippen molar-refractivity contribution >= 4 is 51.6 Å².